The van der Waals surface area contributed by atoms with E-state index in [0.717, 1.165) is 33.6 Å². The van der Waals surface area contributed by atoms with Crippen molar-refractivity contribution >= 4 is 50.3 Å². The van der Waals surface area contributed by atoms with Gasteiger partial charge in [0.05, 0.1) is 21.3 Å². The van der Waals surface area contributed by atoms with E-state index < -0.39 is 11.4 Å². The lowest BCUT2D eigenvalue weighted by Gasteiger charge is -2.19. The van der Waals surface area contributed by atoms with Crippen LogP contribution in [0.4, 0.5) is 17.1 Å². The smallest absolute Gasteiger partial charge is 0.309 e. The van der Waals surface area contributed by atoms with Gasteiger partial charge < -0.3 is 10.4 Å². The molecule has 43 heavy (non-hydrogen) atoms. The van der Waals surface area contributed by atoms with Crippen molar-refractivity contribution in [2.45, 2.75) is 44.9 Å². The van der Waals surface area contributed by atoms with Crippen LogP contribution in [0.2, 0.25) is 0 Å². The lowest BCUT2D eigenvalue weighted by Crippen LogP contribution is -2.28. The molecule has 4 aromatic rings. The number of hydrogen-bond acceptors (Lipinski definition) is 4. The number of anilines is 1. The monoisotopic (exact) mass is 572 g/mol. The van der Waals surface area contributed by atoms with Gasteiger partial charge in [0.25, 0.3) is 5.69 Å². The van der Waals surface area contributed by atoms with E-state index in [0.29, 0.717) is 12.1 Å². The Morgan fingerprint density at radius 3 is 2.19 bits per heavy atom. The fraction of sp³-hybridized carbons (Fsp3) is 0.222. The number of rotatable bonds is 7. The van der Waals surface area contributed by atoms with Gasteiger partial charge in [0.1, 0.15) is 6.42 Å². The highest BCUT2D eigenvalue weighted by Crippen LogP contribution is 2.49. The summed E-state index contributed by atoms with van der Waals surface area (Å²) in [6, 6.07) is 21.9. The van der Waals surface area contributed by atoms with Crippen LogP contribution in [0, 0.1) is 10.1 Å². The number of nitro groups is 1. The number of aliphatic carboxylic acids is 1. The number of carbonyl (C=O) groups is 1. The van der Waals surface area contributed by atoms with Crippen LogP contribution >= 0.6 is 0 Å². The normalized spacial score (nSPS) is 17.7. The molecule has 0 saturated heterocycles. The van der Waals surface area contributed by atoms with E-state index >= 15 is 0 Å². The quantitative estimate of drug-likeness (QED) is 0.0766. The maximum absolute atomic E-state index is 11.7. The minimum Gasteiger partial charge on any atom is -0.481 e. The number of allylic oxidation sites excluding steroid dienone is 6. The molecule has 4 aromatic carbocycles. The molecule has 216 valence electrons. The van der Waals surface area contributed by atoms with Crippen LogP contribution in [0.15, 0.2) is 103 Å². The molecule has 0 fully saturated rings. The molecule has 0 amide bonds. The Labute approximate surface area is 250 Å². The van der Waals surface area contributed by atoms with Gasteiger partial charge in [-0.3, -0.25) is 14.9 Å². The van der Waals surface area contributed by atoms with E-state index in [1.54, 1.807) is 12.1 Å². The van der Waals surface area contributed by atoms with Gasteiger partial charge in [0.2, 0.25) is 5.69 Å². The van der Waals surface area contributed by atoms with E-state index in [1.807, 2.05) is 56.4 Å². The van der Waals surface area contributed by atoms with E-state index in [2.05, 4.69) is 66.2 Å². The third-order valence-corrected chi connectivity index (χ3v) is 8.83. The maximum atomic E-state index is 11.7. The summed E-state index contributed by atoms with van der Waals surface area (Å²) >= 11 is 0. The molecular weight excluding hydrogens is 538 g/mol. The number of carboxylic acids is 1. The molecule has 0 saturated carbocycles. The Bertz CT molecular complexity index is 1960. The van der Waals surface area contributed by atoms with Crippen molar-refractivity contribution in [3.8, 4) is 0 Å². The molecule has 0 unspecified atom stereocenters. The van der Waals surface area contributed by atoms with Crippen LogP contribution in [0.25, 0.3) is 21.5 Å². The summed E-state index contributed by atoms with van der Waals surface area (Å²) < 4.78 is 2.18. The number of hydrogen-bond donors (Lipinski definition) is 2. The number of nitro benzene ring substituents is 1. The summed E-state index contributed by atoms with van der Waals surface area (Å²) in [5.74, 6) is -0.834. The van der Waals surface area contributed by atoms with Crippen LogP contribution in [0.3, 0.4) is 0 Å². The van der Waals surface area contributed by atoms with Gasteiger partial charge in [-0.25, -0.2) is 0 Å². The molecule has 2 aliphatic rings. The van der Waals surface area contributed by atoms with Gasteiger partial charge in [0, 0.05) is 34.5 Å². The zero-order chi connectivity index (χ0) is 30.5. The lowest BCUT2D eigenvalue weighted by molar-refractivity contribution is -0.435. The summed E-state index contributed by atoms with van der Waals surface area (Å²) in [4.78, 5) is 23.1. The van der Waals surface area contributed by atoms with Crippen LogP contribution in [-0.2, 0) is 15.6 Å². The van der Waals surface area contributed by atoms with Crippen molar-refractivity contribution in [1.29, 1.82) is 0 Å². The summed E-state index contributed by atoms with van der Waals surface area (Å²) in [5, 5.41) is 29.3. The summed E-state index contributed by atoms with van der Waals surface area (Å²) in [7, 11) is 0. The Balaban J connectivity index is 1.40. The van der Waals surface area contributed by atoms with E-state index in [4.69, 9.17) is 0 Å². The molecule has 0 atom stereocenters. The topological polar surface area (TPSA) is 95.5 Å². The van der Waals surface area contributed by atoms with Crippen LogP contribution in [-0.4, -0.2) is 32.8 Å². The molecule has 0 aromatic heterocycles. The highest BCUT2D eigenvalue weighted by molar-refractivity contribution is 6.18. The van der Waals surface area contributed by atoms with Crippen LogP contribution in [0.1, 0.15) is 45.2 Å². The minimum atomic E-state index is -0.834. The largest absolute Gasteiger partial charge is 0.481 e. The van der Waals surface area contributed by atoms with E-state index in [1.165, 1.54) is 16.3 Å². The standard InChI is InChI=1S/C36H33N3O4/c1-35(2)29(37-27-17-12-18-28(33(27)35)39(42)43)19-6-5-7-20-30-36(3,4)32-25-15-10-8-13-23(25)24-14-9-11-16-26(24)34(32)38(30)22-21-31(40)41/h5-20H,21-22H2,1-4H3,(H,40,41)/p+1. The first-order valence-corrected chi connectivity index (χ1v) is 14.4. The number of nitrogens with zero attached hydrogens (tertiary/aromatic N) is 2. The fourth-order valence-electron chi connectivity index (χ4n) is 6.86. The molecular formula is C36H34N3O4+. The zero-order valence-electron chi connectivity index (χ0n) is 24.7. The molecule has 7 heteroatoms. The molecule has 2 N–H and O–H groups in total. The SMILES string of the molecule is CC1(C)C(/C=C/C=C/C=C2\Nc3cccc([N+](=O)[O-])c3C2(C)C)=[N+](CCC(=O)O)c2c1c1ccccc1c1ccccc21. The van der Waals surface area contributed by atoms with E-state index in [9.17, 15) is 20.0 Å². The van der Waals surface area contributed by atoms with Crippen molar-refractivity contribution in [2.24, 2.45) is 0 Å². The van der Waals surface area contributed by atoms with Crippen molar-refractivity contribution in [3.63, 3.8) is 0 Å². The molecule has 0 radical (unpaired) electrons. The predicted octanol–water partition coefficient (Wildman–Crippen LogP) is 8.15. The van der Waals surface area contributed by atoms with Gasteiger partial charge in [0.15, 0.2) is 12.3 Å². The maximum Gasteiger partial charge on any atom is 0.309 e. The van der Waals surface area contributed by atoms with Gasteiger partial charge in [-0.05, 0) is 62.1 Å². The van der Waals surface area contributed by atoms with Crippen molar-refractivity contribution in [1.82, 2.24) is 0 Å². The van der Waals surface area contributed by atoms with Crippen molar-refractivity contribution in [2.75, 3.05) is 11.9 Å². The second-order valence-corrected chi connectivity index (χ2v) is 12.2. The molecule has 2 aliphatic heterocycles. The van der Waals surface area contributed by atoms with E-state index in [-0.39, 0.29) is 22.4 Å². The van der Waals surface area contributed by atoms with Gasteiger partial charge >= 0.3 is 5.97 Å². The highest BCUT2D eigenvalue weighted by atomic mass is 16.6. The first kappa shape index (κ1) is 28.1. The summed E-state index contributed by atoms with van der Waals surface area (Å²) in [5.41, 5.74) is 4.81. The highest BCUT2D eigenvalue weighted by Gasteiger charge is 2.47. The van der Waals surface area contributed by atoms with Gasteiger partial charge in [-0.2, -0.15) is 4.58 Å². The third kappa shape index (κ3) is 4.52. The fourth-order valence-corrected chi connectivity index (χ4v) is 6.86. The molecule has 7 nitrogen and oxygen atoms in total. The Morgan fingerprint density at radius 2 is 1.51 bits per heavy atom. The average molecular weight is 573 g/mol. The zero-order valence-corrected chi connectivity index (χ0v) is 24.7. The first-order valence-electron chi connectivity index (χ1n) is 14.4. The lowest BCUT2D eigenvalue weighted by atomic mass is 9.78. The first-order chi connectivity index (χ1) is 20.5. The van der Waals surface area contributed by atoms with Gasteiger partial charge in [-0.15, -0.1) is 0 Å². The number of benzene rings is 4. The Kier molecular flexibility index (Phi) is 6.76. The van der Waals surface area contributed by atoms with Gasteiger partial charge in [-0.1, -0.05) is 66.8 Å². The third-order valence-electron chi connectivity index (χ3n) is 8.83. The molecule has 2 heterocycles. The van der Waals surface area contributed by atoms with Crippen molar-refractivity contribution in [3.05, 3.63) is 124 Å². The number of carboxylic acid groups (broad SMARTS) is 1. The Hall–Kier alpha value is -5.04. The summed E-state index contributed by atoms with van der Waals surface area (Å²) in [6.45, 7) is 8.73. The average Bonchev–Trinajstić information content (AvgIpc) is 3.37. The molecule has 6 rings (SSSR count). The molecule has 0 bridgehead atoms. The van der Waals surface area contributed by atoms with Crippen LogP contribution < -0.4 is 5.32 Å². The molecule has 0 aliphatic carbocycles. The number of fused-ring (bicyclic) bond motifs is 7. The Morgan fingerprint density at radius 1 is 0.860 bits per heavy atom. The van der Waals surface area contributed by atoms with Crippen molar-refractivity contribution < 1.29 is 19.4 Å². The van der Waals surface area contributed by atoms with Crippen LogP contribution in [0.5, 0.6) is 0 Å². The number of nitrogens with one attached hydrogen (secondary N) is 1. The minimum absolute atomic E-state index is 0.0173. The second kappa shape index (κ2) is 10.3. The summed E-state index contributed by atoms with van der Waals surface area (Å²) in [6.07, 6.45) is 9.91. The second-order valence-electron chi connectivity index (χ2n) is 12.2. The molecule has 0 spiro atoms. The predicted molar refractivity (Wildman–Crippen MR) is 173 cm³/mol.